The zero-order valence-corrected chi connectivity index (χ0v) is 7.51. The van der Waals surface area contributed by atoms with Crippen LogP contribution in [0.1, 0.15) is 44.9 Å². The fourth-order valence-corrected chi connectivity index (χ4v) is 3.97. The third kappa shape index (κ3) is 0.641. The van der Waals surface area contributed by atoms with Crippen molar-refractivity contribution in [3.63, 3.8) is 0 Å². The van der Waals surface area contributed by atoms with Crippen molar-refractivity contribution in [3.05, 3.63) is 0 Å². The lowest BCUT2D eigenvalue weighted by molar-refractivity contribution is -0.128. The molecule has 0 radical (unpaired) electrons. The average Bonchev–Trinajstić information content (AvgIpc) is 2.56. The van der Waals surface area contributed by atoms with Gasteiger partial charge in [0, 0.05) is 11.3 Å². The molecule has 0 N–H and O–H groups in total. The molecule has 0 amide bonds. The molecule has 0 unspecified atom stereocenters. The van der Waals surface area contributed by atoms with E-state index in [-0.39, 0.29) is 5.41 Å². The lowest BCUT2D eigenvalue weighted by Gasteiger charge is -2.37. The maximum atomic E-state index is 11.9. The first kappa shape index (κ1) is 7.11. The lowest BCUT2D eigenvalue weighted by atomic mass is 9.66. The van der Waals surface area contributed by atoms with Crippen LogP contribution in [0.2, 0.25) is 0 Å². The molecule has 1 nitrogen and oxygen atoms in total. The smallest absolute Gasteiger partial charge is 0.142 e. The summed E-state index contributed by atoms with van der Waals surface area (Å²) in [5.74, 6) is 1.96. The molecule has 3 atom stereocenters. The number of fused-ring (bicyclic) bond motifs is 1. The Kier molecular flexibility index (Phi) is 1.26. The van der Waals surface area contributed by atoms with E-state index in [1.807, 2.05) is 0 Å². The minimum Gasteiger partial charge on any atom is -0.299 e. The van der Waals surface area contributed by atoms with E-state index in [9.17, 15) is 4.79 Å². The molecule has 0 heterocycles. The third-order valence-corrected chi connectivity index (χ3v) is 4.58. The van der Waals surface area contributed by atoms with Gasteiger partial charge in [-0.25, -0.2) is 0 Å². The number of carbonyl (C=O) groups is 1. The Morgan fingerprint density at radius 1 is 1.17 bits per heavy atom. The van der Waals surface area contributed by atoms with Crippen LogP contribution in [0.3, 0.4) is 0 Å². The second-order valence-electron chi connectivity index (χ2n) is 4.93. The topological polar surface area (TPSA) is 17.1 Å². The molecule has 3 aliphatic carbocycles. The maximum absolute atomic E-state index is 11.9. The predicted octanol–water partition coefficient (Wildman–Crippen LogP) is 2.55. The van der Waals surface area contributed by atoms with Crippen LogP contribution in [-0.2, 0) is 4.79 Å². The van der Waals surface area contributed by atoms with Crippen molar-refractivity contribution in [3.8, 4) is 0 Å². The van der Waals surface area contributed by atoms with E-state index < -0.39 is 0 Å². The molecule has 0 aliphatic heterocycles. The Morgan fingerprint density at radius 3 is 2.83 bits per heavy atom. The van der Waals surface area contributed by atoms with E-state index in [4.69, 9.17) is 0 Å². The molecule has 12 heavy (non-hydrogen) atoms. The number of ketones is 1. The summed E-state index contributed by atoms with van der Waals surface area (Å²) in [6, 6.07) is 0. The molecule has 3 fully saturated rings. The van der Waals surface area contributed by atoms with Gasteiger partial charge in [-0.3, -0.25) is 4.79 Å². The quantitative estimate of drug-likeness (QED) is 0.537. The van der Waals surface area contributed by atoms with Gasteiger partial charge in [-0.15, -0.1) is 0 Å². The van der Waals surface area contributed by atoms with E-state index in [1.54, 1.807) is 0 Å². The molecule has 66 valence electrons. The summed E-state index contributed by atoms with van der Waals surface area (Å²) in [5.41, 5.74) is 0.225. The van der Waals surface area contributed by atoms with Crippen molar-refractivity contribution < 1.29 is 4.79 Å². The molecule has 1 heteroatoms. The molecule has 2 bridgehead atoms. The summed E-state index contributed by atoms with van der Waals surface area (Å²) < 4.78 is 0. The van der Waals surface area contributed by atoms with Crippen molar-refractivity contribution in [1.29, 1.82) is 0 Å². The van der Waals surface area contributed by atoms with Crippen LogP contribution in [0.25, 0.3) is 0 Å². The fourth-order valence-electron chi connectivity index (χ4n) is 3.97. The second kappa shape index (κ2) is 2.12. The first-order valence-corrected chi connectivity index (χ1v) is 5.37. The first-order valence-electron chi connectivity index (χ1n) is 5.37. The summed E-state index contributed by atoms with van der Waals surface area (Å²) in [6.45, 7) is 0. The SMILES string of the molecule is O=C1[C@H]2CC[C@@]13CCCC[C@@H]3C2. The summed E-state index contributed by atoms with van der Waals surface area (Å²) in [4.78, 5) is 11.9. The standard InChI is InChI=1S/C11H16O/c12-10-8-4-6-11(10)5-2-1-3-9(11)7-8/h8-9H,1-7H2/t8-,9+,11+/m0/s1. The van der Waals surface area contributed by atoms with Crippen molar-refractivity contribution in [2.24, 2.45) is 17.3 Å². The first-order chi connectivity index (χ1) is 5.83. The van der Waals surface area contributed by atoms with Crippen molar-refractivity contribution in [1.82, 2.24) is 0 Å². The van der Waals surface area contributed by atoms with Crippen molar-refractivity contribution in [2.75, 3.05) is 0 Å². The Balaban J connectivity index is 2.01. The van der Waals surface area contributed by atoms with Gasteiger partial charge in [-0.2, -0.15) is 0 Å². The monoisotopic (exact) mass is 164 g/mol. The number of Topliss-reactive ketones (excluding diaryl/α,β-unsaturated/α-hetero) is 1. The van der Waals surface area contributed by atoms with Crippen molar-refractivity contribution in [2.45, 2.75) is 44.9 Å². The summed E-state index contributed by atoms with van der Waals surface area (Å²) >= 11 is 0. The molecule has 0 aromatic carbocycles. The largest absolute Gasteiger partial charge is 0.299 e. The highest BCUT2D eigenvalue weighted by Gasteiger charge is 2.58. The molecule has 0 aromatic heterocycles. The van der Waals surface area contributed by atoms with Gasteiger partial charge in [-0.1, -0.05) is 12.8 Å². The average molecular weight is 164 g/mol. The molecule has 0 aromatic rings. The van der Waals surface area contributed by atoms with Gasteiger partial charge in [0.15, 0.2) is 0 Å². The van der Waals surface area contributed by atoms with E-state index in [0.717, 1.165) is 5.92 Å². The molecular weight excluding hydrogens is 148 g/mol. The molecule has 3 rings (SSSR count). The zero-order valence-electron chi connectivity index (χ0n) is 7.51. The van der Waals surface area contributed by atoms with Crippen LogP contribution in [0.4, 0.5) is 0 Å². The van der Waals surface area contributed by atoms with Crippen LogP contribution in [-0.4, -0.2) is 5.78 Å². The maximum Gasteiger partial charge on any atom is 0.142 e. The summed E-state index contributed by atoms with van der Waals surface area (Å²) in [6.07, 6.45) is 8.98. The van der Waals surface area contributed by atoms with Crippen LogP contribution in [0.15, 0.2) is 0 Å². The molecule has 3 saturated carbocycles. The van der Waals surface area contributed by atoms with Crippen LogP contribution >= 0.6 is 0 Å². The molecular formula is C11H16O. The third-order valence-electron chi connectivity index (χ3n) is 4.58. The number of carbonyl (C=O) groups excluding carboxylic acids is 1. The number of rotatable bonds is 0. The summed E-state index contributed by atoms with van der Waals surface area (Å²) in [7, 11) is 0. The number of hydrogen-bond acceptors (Lipinski definition) is 1. The molecule has 0 saturated heterocycles. The Morgan fingerprint density at radius 2 is 2.08 bits per heavy atom. The fraction of sp³-hybridized carbons (Fsp3) is 0.909. The molecule has 3 aliphatic rings. The van der Waals surface area contributed by atoms with Crippen molar-refractivity contribution >= 4 is 5.78 Å². The molecule has 1 spiro atoms. The van der Waals surface area contributed by atoms with Gasteiger partial charge in [0.25, 0.3) is 0 Å². The zero-order chi connectivity index (χ0) is 8.18. The highest BCUT2D eigenvalue weighted by atomic mass is 16.1. The van der Waals surface area contributed by atoms with Crippen LogP contribution in [0, 0.1) is 17.3 Å². The normalized spacial score (nSPS) is 51.2. The van der Waals surface area contributed by atoms with E-state index >= 15 is 0 Å². The second-order valence-corrected chi connectivity index (χ2v) is 4.93. The highest BCUT2D eigenvalue weighted by molar-refractivity contribution is 5.91. The minimum atomic E-state index is 0.225. The number of hydrogen-bond donors (Lipinski definition) is 0. The van der Waals surface area contributed by atoms with Crippen LogP contribution < -0.4 is 0 Å². The van der Waals surface area contributed by atoms with Gasteiger partial charge in [0.2, 0.25) is 0 Å². The minimum absolute atomic E-state index is 0.225. The van der Waals surface area contributed by atoms with E-state index in [2.05, 4.69) is 0 Å². The van der Waals surface area contributed by atoms with Gasteiger partial charge in [0.05, 0.1) is 0 Å². The van der Waals surface area contributed by atoms with Gasteiger partial charge in [-0.05, 0) is 38.0 Å². The highest BCUT2D eigenvalue weighted by Crippen LogP contribution is 2.60. The predicted molar refractivity (Wildman–Crippen MR) is 46.7 cm³/mol. The summed E-state index contributed by atoms with van der Waals surface area (Å²) in [5, 5.41) is 0. The van der Waals surface area contributed by atoms with Gasteiger partial charge in [0.1, 0.15) is 5.78 Å². The Bertz CT molecular complexity index is 233. The Labute approximate surface area is 73.5 Å². The van der Waals surface area contributed by atoms with Crippen LogP contribution in [0.5, 0.6) is 0 Å². The van der Waals surface area contributed by atoms with Gasteiger partial charge < -0.3 is 0 Å². The van der Waals surface area contributed by atoms with E-state index in [1.165, 1.54) is 44.9 Å². The Hall–Kier alpha value is -0.330. The lowest BCUT2D eigenvalue weighted by Crippen LogP contribution is -2.33. The van der Waals surface area contributed by atoms with Gasteiger partial charge >= 0.3 is 0 Å². The van der Waals surface area contributed by atoms with E-state index in [0.29, 0.717) is 11.7 Å².